The third-order valence-electron chi connectivity index (χ3n) is 6.79. The molecule has 2 aromatic carbocycles. The number of likely N-dealkylation sites (tertiary alicyclic amines) is 2. The van der Waals surface area contributed by atoms with Gasteiger partial charge in [0.25, 0.3) is 5.91 Å². The molecule has 204 valence electrons. The molecule has 0 aliphatic carbocycles. The predicted octanol–water partition coefficient (Wildman–Crippen LogP) is 1.35. The summed E-state index contributed by atoms with van der Waals surface area (Å²) in [4.78, 5) is 17.2. The number of fused-ring (bicyclic) bond motifs is 2. The minimum Gasteiger partial charge on any atom is -0.491 e. The highest BCUT2D eigenvalue weighted by atomic mass is 32.2. The number of sulfonamides is 1. The summed E-state index contributed by atoms with van der Waals surface area (Å²) in [5.74, 6) is 1.51. The number of benzene rings is 2. The summed E-state index contributed by atoms with van der Waals surface area (Å²) in [5.41, 5.74) is 1.48. The maximum atomic E-state index is 12.5. The van der Waals surface area contributed by atoms with E-state index >= 15 is 0 Å². The summed E-state index contributed by atoms with van der Waals surface area (Å²) in [6.45, 7) is 5.88. The Bertz CT molecular complexity index is 1220. The molecule has 2 aromatic rings. The third kappa shape index (κ3) is 8.43. The largest absolute Gasteiger partial charge is 0.491 e. The number of β-amino-alcohol motifs (C(OH)–C–C–N with tert-alkyl or cyclic N) is 1. The number of carbonyl (C=O) groups is 1. The summed E-state index contributed by atoms with van der Waals surface area (Å²) in [6.07, 6.45) is 1.68. The number of rotatable bonds is 11. The van der Waals surface area contributed by atoms with Gasteiger partial charge in [-0.05, 0) is 66.8 Å². The molecule has 2 heterocycles. The standard InChI is InChI=1S/C27H35N5O5S/c1-38(35,36)30-24-6-4-23(5-7-24)27(34)29-10-11-31-14-21-12-22(15-31)17-32(16-21)18-25(33)19-37-26-8-2-20(13-28)3-9-26/h2-9,21-22,25,30,33H,10-12,14-19H2,1H3,(H,29,34). The van der Waals surface area contributed by atoms with Gasteiger partial charge in [-0.1, -0.05) is 0 Å². The van der Waals surface area contributed by atoms with Crippen molar-refractivity contribution in [3.8, 4) is 11.8 Å². The predicted molar refractivity (Wildman–Crippen MR) is 144 cm³/mol. The first-order valence-electron chi connectivity index (χ1n) is 12.8. The van der Waals surface area contributed by atoms with Crippen LogP contribution in [0.15, 0.2) is 48.5 Å². The minimum absolute atomic E-state index is 0.184. The van der Waals surface area contributed by atoms with Crippen LogP contribution in [0.3, 0.4) is 0 Å². The molecular formula is C27H35N5O5S. The van der Waals surface area contributed by atoms with Gasteiger partial charge in [0.05, 0.1) is 17.9 Å². The molecule has 38 heavy (non-hydrogen) atoms. The van der Waals surface area contributed by atoms with Gasteiger partial charge in [0.2, 0.25) is 10.0 Å². The van der Waals surface area contributed by atoms with Gasteiger partial charge in [-0.2, -0.15) is 5.26 Å². The number of ether oxygens (including phenoxy) is 1. The SMILES string of the molecule is CS(=O)(=O)Nc1ccc(C(=O)NCCN2CC3CC(C2)CN(CC(O)COc2ccc(C#N)cc2)C3)cc1. The van der Waals surface area contributed by atoms with Crippen molar-refractivity contribution in [2.24, 2.45) is 11.8 Å². The van der Waals surface area contributed by atoms with Crippen molar-refractivity contribution in [3.05, 3.63) is 59.7 Å². The zero-order chi connectivity index (χ0) is 27.1. The number of aliphatic hydroxyl groups excluding tert-OH is 1. The van der Waals surface area contributed by atoms with E-state index in [0.29, 0.717) is 47.5 Å². The van der Waals surface area contributed by atoms with Crippen LogP contribution in [-0.4, -0.2) is 94.0 Å². The van der Waals surface area contributed by atoms with E-state index in [0.717, 1.165) is 39.0 Å². The van der Waals surface area contributed by atoms with Gasteiger partial charge >= 0.3 is 0 Å². The molecule has 0 spiro atoms. The smallest absolute Gasteiger partial charge is 0.251 e. The van der Waals surface area contributed by atoms with E-state index in [1.807, 2.05) is 0 Å². The molecule has 2 fully saturated rings. The number of aliphatic hydroxyl groups is 1. The van der Waals surface area contributed by atoms with Crippen LogP contribution >= 0.6 is 0 Å². The Hall–Kier alpha value is -3.17. The summed E-state index contributed by atoms with van der Waals surface area (Å²) in [5, 5.41) is 22.3. The van der Waals surface area contributed by atoms with E-state index in [9.17, 15) is 18.3 Å². The Balaban J connectivity index is 1.15. The van der Waals surface area contributed by atoms with Gasteiger partial charge in [-0.15, -0.1) is 0 Å². The van der Waals surface area contributed by atoms with Crippen LogP contribution in [0.25, 0.3) is 0 Å². The number of piperidine rings is 2. The quantitative estimate of drug-likeness (QED) is 0.388. The van der Waals surface area contributed by atoms with E-state index in [1.54, 1.807) is 48.5 Å². The third-order valence-corrected chi connectivity index (χ3v) is 7.40. The Morgan fingerprint density at radius 1 is 1.08 bits per heavy atom. The van der Waals surface area contributed by atoms with Crippen LogP contribution in [0.2, 0.25) is 0 Å². The normalized spacial score (nSPS) is 20.8. The summed E-state index contributed by atoms with van der Waals surface area (Å²) in [6, 6.07) is 15.3. The first kappa shape index (κ1) is 27.9. The van der Waals surface area contributed by atoms with Crippen LogP contribution < -0.4 is 14.8 Å². The molecule has 1 amide bonds. The van der Waals surface area contributed by atoms with Crippen LogP contribution in [0.5, 0.6) is 5.75 Å². The van der Waals surface area contributed by atoms with E-state index in [1.165, 1.54) is 6.42 Å². The molecular weight excluding hydrogens is 506 g/mol. The number of carbonyl (C=O) groups excluding carboxylic acids is 1. The molecule has 10 nitrogen and oxygen atoms in total. The second-order valence-electron chi connectivity index (χ2n) is 10.3. The van der Waals surface area contributed by atoms with Crippen molar-refractivity contribution in [1.82, 2.24) is 15.1 Å². The minimum atomic E-state index is -3.35. The van der Waals surface area contributed by atoms with Crippen molar-refractivity contribution < 1.29 is 23.1 Å². The first-order chi connectivity index (χ1) is 18.2. The number of hydrogen-bond acceptors (Lipinski definition) is 8. The van der Waals surface area contributed by atoms with E-state index < -0.39 is 16.1 Å². The van der Waals surface area contributed by atoms with Crippen LogP contribution in [-0.2, 0) is 10.0 Å². The zero-order valence-corrected chi connectivity index (χ0v) is 22.4. The lowest BCUT2D eigenvalue weighted by atomic mass is 9.84. The Morgan fingerprint density at radius 2 is 1.71 bits per heavy atom. The lowest BCUT2D eigenvalue weighted by Crippen LogP contribution is -2.55. The molecule has 0 radical (unpaired) electrons. The van der Waals surface area contributed by atoms with Crippen molar-refractivity contribution in [3.63, 3.8) is 0 Å². The molecule has 3 atom stereocenters. The Kier molecular flexibility index (Phi) is 9.22. The molecule has 0 saturated carbocycles. The van der Waals surface area contributed by atoms with Crippen LogP contribution in [0.1, 0.15) is 22.3 Å². The Morgan fingerprint density at radius 3 is 2.32 bits per heavy atom. The van der Waals surface area contributed by atoms with Crippen molar-refractivity contribution in [2.75, 3.05) is 63.4 Å². The highest BCUT2D eigenvalue weighted by Crippen LogP contribution is 2.28. The highest BCUT2D eigenvalue weighted by Gasteiger charge is 2.34. The lowest BCUT2D eigenvalue weighted by Gasteiger charge is -2.46. The van der Waals surface area contributed by atoms with Crippen molar-refractivity contribution in [1.29, 1.82) is 5.26 Å². The average molecular weight is 542 g/mol. The van der Waals surface area contributed by atoms with Gasteiger partial charge in [0.1, 0.15) is 18.5 Å². The molecule has 2 bridgehead atoms. The van der Waals surface area contributed by atoms with Crippen molar-refractivity contribution in [2.45, 2.75) is 12.5 Å². The number of hydrogen-bond donors (Lipinski definition) is 3. The van der Waals surface area contributed by atoms with Crippen LogP contribution in [0.4, 0.5) is 5.69 Å². The van der Waals surface area contributed by atoms with Crippen molar-refractivity contribution >= 4 is 21.6 Å². The average Bonchev–Trinajstić information content (AvgIpc) is 2.86. The molecule has 2 saturated heterocycles. The monoisotopic (exact) mass is 541 g/mol. The molecule has 2 aliphatic rings. The highest BCUT2D eigenvalue weighted by molar-refractivity contribution is 7.92. The first-order valence-corrected chi connectivity index (χ1v) is 14.7. The fourth-order valence-corrected chi connectivity index (χ4v) is 5.89. The fourth-order valence-electron chi connectivity index (χ4n) is 5.33. The van der Waals surface area contributed by atoms with Gasteiger partial charge in [-0.3, -0.25) is 14.4 Å². The molecule has 11 heteroatoms. The maximum Gasteiger partial charge on any atom is 0.251 e. The summed E-state index contributed by atoms with van der Waals surface area (Å²) in [7, 11) is -3.35. The van der Waals surface area contributed by atoms with E-state index in [-0.39, 0.29) is 12.5 Å². The summed E-state index contributed by atoms with van der Waals surface area (Å²) < 4.78 is 30.7. The molecule has 0 aromatic heterocycles. The Labute approximate surface area is 224 Å². The van der Waals surface area contributed by atoms with Gasteiger partial charge in [-0.25, -0.2) is 8.42 Å². The van der Waals surface area contributed by atoms with E-state index in [4.69, 9.17) is 10.00 Å². The maximum absolute atomic E-state index is 12.5. The molecule has 4 rings (SSSR count). The number of nitriles is 1. The van der Waals surface area contributed by atoms with E-state index in [2.05, 4.69) is 25.9 Å². The number of amides is 1. The van der Waals surface area contributed by atoms with Gasteiger partial charge < -0.3 is 20.1 Å². The second-order valence-corrected chi connectivity index (χ2v) is 12.0. The van der Waals surface area contributed by atoms with Gasteiger partial charge in [0, 0.05) is 57.1 Å². The number of nitrogens with one attached hydrogen (secondary N) is 2. The van der Waals surface area contributed by atoms with Gasteiger partial charge in [0.15, 0.2) is 0 Å². The summed E-state index contributed by atoms with van der Waals surface area (Å²) >= 11 is 0. The lowest BCUT2D eigenvalue weighted by molar-refractivity contribution is 0.000534. The molecule has 3 N–H and O–H groups in total. The topological polar surface area (TPSA) is 135 Å². The second kappa shape index (κ2) is 12.6. The van der Waals surface area contributed by atoms with Crippen LogP contribution in [0, 0.1) is 23.2 Å². The fraction of sp³-hybridized carbons (Fsp3) is 0.481. The number of anilines is 1. The zero-order valence-electron chi connectivity index (χ0n) is 21.5. The molecule has 3 unspecified atom stereocenters. The molecule has 2 aliphatic heterocycles. The number of nitrogens with zero attached hydrogens (tertiary/aromatic N) is 3.